The highest BCUT2D eigenvalue weighted by molar-refractivity contribution is 6.03. The zero-order valence-electron chi connectivity index (χ0n) is 30.2. The van der Waals surface area contributed by atoms with Crippen molar-refractivity contribution in [1.29, 1.82) is 0 Å². The molecule has 0 radical (unpaired) electrons. The van der Waals surface area contributed by atoms with Gasteiger partial charge in [-0.05, 0) is 44.8 Å². The molecule has 8 aromatic carbocycles. The number of fused-ring (bicyclic) bond motifs is 2. The summed E-state index contributed by atoms with van der Waals surface area (Å²) in [6.07, 6.45) is 0. The summed E-state index contributed by atoms with van der Waals surface area (Å²) in [5.74, 6) is 3.72. The zero-order chi connectivity index (χ0) is 37.3. The van der Waals surface area contributed by atoms with E-state index < -0.39 is 0 Å². The first kappa shape index (κ1) is 32.9. The normalized spacial score (nSPS) is 11.2. The first-order valence-electron chi connectivity index (χ1n) is 18.5. The summed E-state index contributed by atoms with van der Waals surface area (Å²) in [6.45, 7) is 0. The van der Waals surface area contributed by atoms with Gasteiger partial charge in [0.15, 0.2) is 34.9 Å². The number of hydrogen-bond donors (Lipinski definition) is 0. The van der Waals surface area contributed by atoms with Crippen molar-refractivity contribution in [3.63, 3.8) is 0 Å². The van der Waals surface area contributed by atoms with Crippen molar-refractivity contribution in [2.24, 2.45) is 0 Å². The second-order valence-electron chi connectivity index (χ2n) is 13.6. The lowest BCUT2D eigenvalue weighted by atomic mass is 9.93. The zero-order valence-corrected chi connectivity index (χ0v) is 30.2. The summed E-state index contributed by atoms with van der Waals surface area (Å²) in [7, 11) is 0. The van der Waals surface area contributed by atoms with Crippen LogP contribution >= 0.6 is 0 Å². The standard InChI is InChI=1S/C50H32N6/c1-5-15-33(16-6-1)43-30-29-34-17-13-14-24-42(34)44(43)50-55-47(37-22-11-4-12-23-37)54-49(56-50)41-28-26-38-31-40(27-25-39(38)32-41)48-52-45(35-18-7-2-8-19-35)51-46(53-48)36-20-9-3-10-21-36/h1-32H. The predicted molar refractivity (Wildman–Crippen MR) is 226 cm³/mol. The number of nitrogens with zero attached hydrogens (tertiary/aromatic N) is 6. The van der Waals surface area contributed by atoms with Gasteiger partial charge in [-0.2, -0.15) is 0 Å². The highest BCUT2D eigenvalue weighted by atomic mass is 15.0. The van der Waals surface area contributed by atoms with Crippen molar-refractivity contribution in [3.05, 3.63) is 194 Å². The fourth-order valence-electron chi connectivity index (χ4n) is 7.17. The molecule has 0 aliphatic heterocycles. The summed E-state index contributed by atoms with van der Waals surface area (Å²) >= 11 is 0. The molecule has 0 N–H and O–H groups in total. The average Bonchev–Trinajstić information content (AvgIpc) is 3.29. The minimum absolute atomic E-state index is 0.601. The second kappa shape index (κ2) is 14.3. The molecular formula is C50H32N6. The van der Waals surface area contributed by atoms with Crippen LogP contribution in [0.2, 0.25) is 0 Å². The van der Waals surface area contributed by atoms with Crippen LogP contribution in [0.3, 0.4) is 0 Å². The van der Waals surface area contributed by atoms with E-state index in [1.165, 1.54) is 0 Å². The molecule has 0 amide bonds. The average molecular weight is 717 g/mol. The van der Waals surface area contributed by atoms with E-state index >= 15 is 0 Å². The van der Waals surface area contributed by atoms with Crippen molar-refractivity contribution in [2.45, 2.75) is 0 Å². The van der Waals surface area contributed by atoms with E-state index in [-0.39, 0.29) is 0 Å². The van der Waals surface area contributed by atoms with Gasteiger partial charge in [0.25, 0.3) is 0 Å². The highest BCUT2D eigenvalue weighted by Gasteiger charge is 2.19. The van der Waals surface area contributed by atoms with E-state index in [1.807, 2.05) is 97.1 Å². The Labute approximate surface area is 324 Å². The van der Waals surface area contributed by atoms with Crippen LogP contribution in [-0.2, 0) is 0 Å². The smallest absolute Gasteiger partial charge is 0.165 e. The summed E-state index contributed by atoms with van der Waals surface area (Å²) in [5.41, 5.74) is 7.73. The molecule has 0 unspecified atom stereocenters. The molecule has 0 saturated heterocycles. The molecule has 2 aromatic heterocycles. The molecule has 56 heavy (non-hydrogen) atoms. The van der Waals surface area contributed by atoms with Crippen LogP contribution < -0.4 is 0 Å². The molecule has 0 aliphatic rings. The van der Waals surface area contributed by atoms with Gasteiger partial charge in [0, 0.05) is 33.4 Å². The highest BCUT2D eigenvalue weighted by Crippen LogP contribution is 2.38. The van der Waals surface area contributed by atoms with Crippen molar-refractivity contribution in [2.75, 3.05) is 0 Å². The Kier molecular flexibility index (Phi) is 8.39. The molecule has 262 valence electrons. The SMILES string of the molecule is c1ccc(-c2nc(-c3ccccc3)nc(-c3ccc4cc(-c5nc(-c6ccccc6)nc(-c6c(-c7ccccc7)ccc7ccccc67)n5)ccc4c3)n2)cc1. The summed E-state index contributed by atoms with van der Waals surface area (Å²) in [4.78, 5) is 30.2. The van der Waals surface area contributed by atoms with E-state index in [0.717, 1.165) is 66.1 Å². The van der Waals surface area contributed by atoms with Gasteiger partial charge in [0.1, 0.15) is 0 Å². The predicted octanol–water partition coefficient (Wildman–Crippen LogP) is 12.0. The Morgan fingerprint density at radius 3 is 1.05 bits per heavy atom. The number of rotatable bonds is 7. The van der Waals surface area contributed by atoms with E-state index in [2.05, 4.69) is 97.1 Å². The van der Waals surface area contributed by atoms with Crippen LogP contribution in [0.25, 0.3) is 101 Å². The van der Waals surface area contributed by atoms with Gasteiger partial charge < -0.3 is 0 Å². The first-order chi connectivity index (χ1) is 27.7. The van der Waals surface area contributed by atoms with Gasteiger partial charge in [-0.15, -0.1) is 0 Å². The van der Waals surface area contributed by atoms with Crippen LogP contribution in [-0.4, -0.2) is 29.9 Å². The van der Waals surface area contributed by atoms with Crippen LogP contribution in [0.5, 0.6) is 0 Å². The minimum atomic E-state index is 0.601. The molecule has 0 fully saturated rings. The van der Waals surface area contributed by atoms with E-state index in [9.17, 15) is 0 Å². The molecule has 10 aromatic rings. The van der Waals surface area contributed by atoms with E-state index in [4.69, 9.17) is 29.9 Å². The maximum Gasteiger partial charge on any atom is 0.165 e. The van der Waals surface area contributed by atoms with Crippen LogP contribution in [0.15, 0.2) is 194 Å². The minimum Gasteiger partial charge on any atom is -0.208 e. The molecule has 10 rings (SSSR count). The fourth-order valence-corrected chi connectivity index (χ4v) is 7.17. The lowest BCUT2D eigenvalue weighted by Gasteiger charge is -2.15. The molecule has 6 nitrogen and oxygen atoms in total. The molecule has 6 heteroatoms. The molecule has 0 aliphatic carbocycles. The lowest BCUT2D eigenvalue weighted by Crippen LogP contribution is -2.02. The molecule has 0 bridgehead atoms. The van der Waals surface area contributed by atoms with Gasteiger partial charge in [-0.1, -0.05) is 182 Å². The van der Waals surface area contributed by atoms with Gasteiger partial charge in [0.05, 0.1) is 0 Å². The molecule has 0 spiro atoms. The van der Waals surface area contributed by atoms with Gasteiger partial charge >= 0.3 is 0 Å². The lowest BCUT2D eigenvalue weighted by molar-refractivity contribution is 1.07. The Balaban J connectivity index is 1.11. The monoisotopic (exact) mass is 716 g/mol. The number of hydrogen-bond acceptors (Lipinski definition) is 6. The second-order valence-corrected chi connectivity index (χ2v) is 13.6. The van der Waals surface area contributed by atoms with Crippen LogP contribution in [0.1, 0.15) is 0 Å². The molecule has 0 saturated carbocycles. The third kappa shape index (κ3) is 6.35. The number of aromatic nitrogens is 6. The third-order valence-electron chi connectivity index (χ3n) is 9.96. The largest absolute Gasteiger partial charge is 0.208 e. The molecule has 0 atom stereocenters. The summed E-state index contributed by atoms with van der Waals surface area (Å²) in [6, 6.07) is 66.0. The third-order valence-corrected chi connectivity index (χ3v) is 9.96. The van der Waals surface area contributed by atoms with Gasteiger partial charge in [0.2, 0.25) is 0 Å². The fraction of sp³-hybridized carbons (Fsp3) is 0. The van der Waals surface area contributed by atoms with Gasteiger partial charge in [-0.3, -0.25) is 0 Å². The van der Waals surface area contributed by atoms with E-state index in [0.29, 0.717) is 34.9 Å². The Morgan fingerprint density at radius 2 is 0.589 bits per heavy atom. The topological polar surface area (TPSA) is 77.3 Å². The van der Waals surface area contributed by atoms with Crippen molar-refractivity contribution in [3.8, 4) is 79.5 Å². The molecular weight excluding hydrogens is 685 g/mol. The first-order valence-corrected chi connectivity index (χ1v) is 18.5. The summed E-state index contributed by atoms with van der Waals surface area (Å²) < 4.78 is 0. The quantitative estimate of drug-likeness (QED) is 0.163. The van der Waals surface area contributed by atoms with Crippen LogP contribution in [0.4, 0.5) is 0 Å². The van der Waals surface area contributed by atoms with E-state index in [1.54, 1.807) is 0 Å². The van der Waals surface area contributed by atoms with Crippen molar-refractivity contribution < 1.29 is 0 Å². The van der Waals surface area contributed by atoms with Crippen molar-refractivity contribution >= 4 is 21.5 Å². The number of benzene rings is 8. The Morgan fingerprint density at radius 1 is 0.232 bits per heavy atom. The summed E-state index contributed by atoms with van der Waals surface area (Å²) in [5, 5.41) is 4.30. The van der Waals surface area contributed by atoms with Crippen LogP contribution in [0, 0.1) is 0 Å². The van der Waals surface area contributed by atoms with Crippen molar-refractivity contribution in [1.82, 2.24) is 29.9 Å². The van der Waals surface area contributed by atoms with Gasteiger partial charge in [-0.25, -0.2) is 29.9 Å². The maximum atomic E-state index is 5.24. The Bertz CT molecular complexity index is 2950. The Hall–Kier alpha value is -7.70. The maximum absolute atomic E-state index is 5.24. The molecule has 2 heterocycles.